The Morgan fingerprint density at radius 1 is 1.42 bits per heavy atom. The number of rotatable bonds is 4. The van der Waals surface area contributed by atoms with E-state index in [1.54, 1.807) is 6.07 Å². The number of hydrogen-bond donors (Lipinski definition) is 2. The average molecular weight is 265 g/mol. The van der Waals surface area contributed by atoms with E-state index in [1.807, 2.05) is 0 Å². The summed E-state index contributed by atoms with van der Waals surface area (Å²) < 4.78 is 22.8. The first-order valence-electron chi connectivity index (χ1n) is 5.49. The Kier molecular flexibility index (Phi) is 3.70. The Morgan fingerprint density at radius 2 is 2.21 bits per heavy atom. The molecule has 0 saturated heterocycles. The number of phenols is 1. The molecule has 2 rings (SSSR count). The van der Waals surface area contributed by atoms with Crippen molar-refractivity contribution in [1.29, 1.82) is 0 Å². The monoisotopic (exact) mass is 265 g/mol. The number of carbonyl (C=O) groups excluding carboxylic acids is 1. The largest absolute Gasteiger partial charge is 0.505 e. The van der Waals surface area contributed by atoms with Crippen molar-refractivity contribution in [1.82, 2.24) is 0 Å². The molecule has 0 amide bonds. The quantitative estimate of drug-likeness (QED) is 0.656. The molecular formula is C13H12FNO4. The number of hydrogen-bond acceptors (Lipinski definition) is 5. The molecule has 0 aliphatic heterocycles. The first-order valence-corrected chi connectivity index (χ1v) is 5.49. The molecule has 6 heteroatoms. The lowest BCUT2D eigenvalue weighted by molar-refractivity contribution is 0.0563. The van der Waals surface area contributed by atoms with Crippen molar-refractivity contribution < 1.29 is 23.4 Å². The molecule has 0 saturated carbocycles. The fourth-order valence-electron chi connectivity index (χ4n) is 1.49. The predicted molar refractivity (Wildman–Crippen MR) is 65.4 cm³/mol. The topological polar surface area (TPSA) is 71.7 Å². The lowest BCUT2D eigenvalue weighted by Gasteiger charge is -2.05. The molecule has 0 aliphatic rings. The van der Waals surface area contributed by atoms with Crippen LogP contribution >= 0.6 is 0 Å². The average Bonchev–Trinajstić information content (AvgIpc) is 2.88. The Hall–Kier alpha value is -2.50. The van der Waals surface area contributed by atoms with Gasteiger partial charge >= 0.3 is 5.97 Å². The minimum atomic E-state index is -0.709. The van der Waals surface area contributed by atoms with Crippen molar-refractivity contribution in [2.24, 2.45) is 0 Å². The highest BCUT2D eigenvalue weighted by Crippen LogP contribution is 2.20. The van der Waals surface area contributed by atoms with Gasteiger partial charge in [0.05, 0.1) is 13.7 Å². The molecule has 0 unspecified atom stereocenters. The lowest BCUT2D eigenvalue weighted by Crippen LogP contribution is -2.00. The summed E-state index contributed by atoms with van der Waals surface area (Å²) in [6.07, 6.45) is 0. The second-order valence-electron chi connectivity index (χ2n) is 3.78. The van der Waals surface area contributed by atoms with Crippen molar-refractivity contribution in [3.8, 4) is 5.75 Å². The molecule has 0 atom stereocenters. The highest BCUT2D eigenvalue weighted by atomic mass is 19.1. The van der Waals surface area contributed by atoms with Crippen LogP contribution in [-0.2, 0) is 11.3 Å². The molecular weight excluding hydrogens is 253 g/mol. The normalized spacial score (nSPS) is 10.2. The smallest absolute Gasteiger partial charge is 0.373 e. The van der Waals surface area contributed by atoms with Gasteiger partial charge in [0.1, 0.15) is 5.76 Å². The zero-order valence-electron chi connectivity index (χ0n) is 10.1. The summed E-state index contributed by atoms with van der Waals surface area (Å²) in [4.78, 5) is 11.2. The molecule has 0 aliphatic carbocycles. The van der Waals surface area contributed by atoms with Gasteiger partial charge in [0.15, 0.2) is 11.6 Å². The van der Waals surface area contributed by atoms with E-state index in [0.717, 1.165) is 0 Å². The number of ether oxygens (including phenoxy) is 1. The van der Waals surface area contributed by atoms with E-state index >= 15 is 0 Å². The number of methoxy groups -OCH3 is 1. The van der Waals surface area contributed by atoms with Gasteiger partial charge in [-0.3, -0.25) is 0 Å². The van der Waals surface area contributed by atoms with Crippen LogP contribution in [-0.4, -0.2) is 18.2 Å². The van der Waals surface area contributed by atoms with Crippen molar-refractivity contribution >= 4 is 11.7 Å². The van der Waals surface area contributed by atoms with Crippen LogP contribution in [0.2, 0.25) is 0 Å². The van der Waals surface area contributed by atoms with Crippen LogP contribution < -0.4 is 5.32 Å². The summed E-state index contributed by atoms with van der Waals surface area (Å²) >= 11 is 0. The van der Waals surface area contributed by atoms with Gasteiger partial charge < -0.3 is 19.6 Å². The van der Waals surface area contributed by atoms with Crippen molar-refractivity contribution in [2.45, 2.75) is 6.54 Å². The zero-order chi connectivity index (χ0) is 13.8. The number of anilines is 1. The van der Waals surface area contributed by atoms with Crippen LogP contribution in [0.1, 0.15) is 16.3 Å². The minimum absolute atomic E-state index is 0.108. The van der Waals surface area contributed by atoms with Crippen LogP contribution in [0.3, 0.4) is 0 Å². The summed E-state index contributed by atoms with van der Waals surface area (Å²) in [5.41, 5.74) is 0.492. The van der Waals surface area contributed by atoms with Gasteiger partial charge in [-0.2, -0.15) is 0 Å². The molecule has 1 heterocycles. The highest BCUT2D eigenvalue weighted by Gasteiger charge is 2.10. The minimum Gasteiger partial charge on any atom is -0.505 e. The number of carbonyl (C=O) groups is 1. The van der Waals surface area contributed by atoms with Crippen molar-refractivity contribution in [2.75, 3.05) is 12.4 Å². The van der Waals surface area contributed by atoms with Crippen LogP contribution in [0.4, 0.5) is 10.1 Å². The molecule has 19 heavy (non-hydrogen) atoms. The van der Waals surface area contributed by atoms with Crippen LogP contribution in [0.5, 0.6) is 5.75 Å². The van der Waals surface area contributed by atoms with Gasteiger partial charge in [0.25, 0.3) is 0 Å². The van der Waals surface area contributed by atoms with E-state index in [9.17, 15) is 9.18 Å². The van der Waals surface area contributed by atoms with Gasteiger partial charge in [0, 0.05) is 11.8 Å². The second kappa shape index (κ2) is 5.43. The first kappa shape index (κ1) is 12.9. The van der Waals surface area contributed by atoms with Crippen molar-refractivity contribution in [3.63, 3.8) is 0 Å². The van der Waals surface area contributed by atoms with Crippen molar-refractivity contribution in [3.05, 3.63) is 47.7 Å². The maximum atomic E-state index is 13.1. The Morgan fingerprint density at radius 3 is 2.89 bits per heavy atom. The summed E-state index contributed by atoms with van der Waals surface area (Å²) in [5, 5.41) is 12.0. The molecule has 0 spiro atoms. The third-order valence-corrected chi connectivity index (χ3v) is 2.46. The number of nitrogens with one attached hydrogen (secondary N) is 1. The number of halogens is 1. The van der Waals surface area contributed by atoms with E-state index in [1.165, 1.54) is 31.4 Å². The highest BCUT2D eigenvalue weighted by molar-refractivity contribution is 5.86. The Bertz CT molecular complexity index is 594. The molecule has 1 aromatic heterocycles. The number of aromatic hydroxyl groups is 1. The fraction of sp³-hybridized carbons (Fsp3) is 0.154. The molecule has 2 N–H and O–H groups in total. The second-order valence-corrected chi connectivity index (χ2v) is 3.78. The van der Waals surface area contributed by atoms with Gasteiger partial charge in [-0.1, -0.05) is 0 Å². The Labute approximate surface area is 108 Å². The molecule has 5 nitrogen and oxygen atoms in total. The van der Waals surface area contributed by atoms with E-state index < -0.39 is 17.5 Å². The summed E-state index contributed by atoms with van der Waals surface area (Å²) in [7, 11) is 1.27. The Balaban J connectivity index is 2.00. The molecule has 1 aromatic carbocycles. The summed E-state index contributed by atoms with van der Waals surface area (Å²) in [6.45, 7) is 0.279. The first-order chi connectivity index (χ1) is 9.10. The standard InChI is InChI=1S/C13H12FNO4/c1-18-13(17)12-5-3-9(19-12)7-15-8-2-4-11(16)10(14)6-8/h2-6,15-16H,7H2,1H3. The van der Waals surface area contributed by atoms with Gasteiger partial charge in [-0.15, -0.1) is 0 Å². The number of benzene rings is 1. The van der Waals surface area contributed by atoms with E-state index in [-0.39, 0.29) is 12.3 Å². The molecule has 0 bridgehead atoms. The SMILES string of the molecule is COC(=O)c1ccc(CNc2ccc(O)c(F)c2)o1. The third-order valence-electron chi connectivity index (χ3n) is 2.46. The van der Waals surface area contributed by atoms with Gasteiger partial charge in [0.2, 0.25) is 5.76 Å². The molecule has 0 radical (unpaired) electrons. The van der Waals surface area contributed by atoms with E-state index in [2.05, 4.69) is 10.1 Å². The van der Waals surface area contributed by atoms with Gasteiger partial charge in [-0.05, 0) is 24.3 Å². The van der Waals surface area contributed by atoms with Crippen LogP contribution in [0, 0.1) is 5.82 Å². The summed E-state index contributed by atoms with van der Waals surface area (Å²) in [5.74, 6) is -1.05. The number of esters is 1. The summed E-state index contributed by atoms with van der Waals surface area (Å²) in [6, 6.07) is 7.07. The maximum Gasteiger partial charge on any atom is 0.373 e. The maximum absolute atomic E-state index is 13.1. The van der Waals surface area contributed by atoms with E-state index in [4.69, 9.17) is 9.52 Å². The zero-order valence-corrected chi connectivity index (χ0v) is 10.1. The molecule has 2 aromatic rings. The number of furan rings is 1. The van der Waals surface area contributed by atoms with Crippen LogP contribution in [0.25, 0.3) is 0 Å². The van der Waals surface area contributed by atoms with Gasteiger partial charge in [-0.25, -0.2) is 9.18 Å². The molecule has 100 valence electrons. The number of phenolic OH excluding ortho intramolecular Hbond substituents is 1. The molecule has 0 fully saturated rings. The lowest BCUT2D eigenvalue weighted by atomic mass is 10.3. The van der Waals surface area contributed by atoms with E-state index in [0.29, 0.717) is 11.4 Å². The predicted octanol–water partition coefficient (Wildman–Crippen LogP) is 2.52. The fourth-order valence-corrected chi connectivity index (χ4v) is 1.49. The third kappa shape index (κ3) is 3.04. The van der Waals surface area contributed by atoms with Crippen LogP contribution in [0.15, 0.2) is 34.7 Å².